The van der Waals surface area contributed by atoms with Crippen molar-refractivity contribution in [1.82, 2.24) is 4.98 Å². The Morgan fingerprint density at radius 1 is 1.00 bits per heavy atom. The van der Waals surface area contributed by atoms with E-state index in [9.17, 15) is 5.11 Å². The second kappa shape index (κ2) is 6.89. The molecule has 0 saturated carbocycles. The number of nitrogens with one attached hydrogen (secondary N) is 1. The number of benzene rings is 3. The molecule has 1 heterocycles. The van der Waals surface area contributed by atoms with E-state index in [1.54, 1.807) is 7.11 Å². The molecule has 0 saturated heterocycles. The van der Waals surface area contributed by atoms with Gasteiger partial charge in [0.2, 0.25) is 0 Å². The molecular weight excluding hydrogens is 336 g/mol. The van der Waals surface area contributed by atoms with Gasteiger partial charge in [-0.15, -0.1) is 0 Å². The molecule has 0 fully saturated rings. The quantitative estimate of drug-likeness (QED) is 0.489. The van der Waals surface area contributed by atoms with Crippen molar-refractivity contribution in [3.05, 3.63) is 71.3 Å². The Bertz CT molecular complexity index is 1140. The molecular formula is C23H22N2O2. The van der Waals surface area contributed by atoms with Gasteiger partial charge >= 0.3 is 0 Å². The van der Waals surface area contributed by atoms with Crippen LogP contribution in [0, 0.1) is 13.8 Å². The predicted octanol–water partition coefficient (Wildman–Crippen LogP) is 5.25. The highest BCUT2D eigenvalue weighted by Gasteiger charge is 2.16. The van der Waals surface area contributed by atoms with Crippen LogP contribution >= 0.6 is 0 Å². The molecule has 1 aromatic heterocycles. The Labute approximate surface area is 158 Å². The van der Waals surface area contributed by atoms with Gasteiger partial charge in [-0.2, -0.15) is 0 Å². The van der Waals surface area contributed by atoms with Crippen molar-refractivity contribution in [2.75, 3.05) is 12.4 Å². The van der Waals surface area contributed by atoms with E-state index >= 15 is 0 Å². The fourth-order valence-corrected chi connectivity index (χ4v) is 3.51. The average molecular weight is 358 g/mol. The van der Waals surface area contributed by atoms with Gasteiger partial charge in [0.1, 0.15) is 5.75 Å². The van der Waals surface area contributed by atoms with Crippen LogP contribution < -0.4 is 10.1 Å². The number of hydrogen-bond acceptors (Lipinski definition) is 4. The number of ether oxygens (including phenoxy) is 1. The van der Waals surface area contributed by atoms with E-state index in [0.29, 0.717) is 0 Å². The van der Waals surface area contributed by atoms with Crippen LogP contribution in [0.5, 0.6) is 5.75 Å². The van der Waals surface area contributed by atoms with Crippen LogP contribution in [0.1, 0.15) is 16.7 Å². The number of aliphatic hydroxyl groups is 1. The lowest BCUT2D eigenvalue weighted by Crippen LogP contribution is -2.03. The molecule has 4 aromatic rings. The molecule has 0 aliphatic heterocycles. The Kier molecular flexibility index (Phi) is 4.42. The maximum absolute atomic E-state index is 10.0. The SMILES string of the molecule is COc1ccc2cc3c(Nc4ccccc4)c(C)c(C)c(CO)c3nc2c1. The zero-order valence-corrected chi connectivity index (χ0v) is 15.7. The van der Waals surface area contributed by atoms with Crippen molar-refractivity contribution in [2.45, 2.75) is 20.5 Å². The number of rotatable bonds is 4. The molecule has 27 heavy (non-hydrogen) atoms. The summed E-state index contributed by atoms with van der Waals surface area (Å²) in [5, 5.41) is 15.6. The summed E-state index contributed by atoms with van der Waals surface area (Å²) in [5.41, 5.74) is 6.75. The first-order chi connectivity index (χ1) is 13.1. The Hall–Kier alpha value is -3.11. The predicted molar refractivity (Wildman–Crippen MR) is 111 cm³/mol. The fraction of sp³-hybridized carbons (Fsp3) is 0.174. The van der Waals surface area contributed by atoms with Gasteiger partial charge in [-0.3, -0.25) is 0 Å². The largest absolute Gasteiger partial charge is 0.497 e. The number of aromatic nitrogens is 1. The van der Waals surface area contributed by atoms with Crippen LogP contribution in [0.3, 0.4) is 0 Å². The van der Waals surface area contributed by atoms with Crippen molar-refractivity contribution in [3.63, 3.8) is 0 Å². The topological polar surface area (TPSA) is 54.4 Å². The monoisotopic (exact) mass is 358 g/mol. The van der Waals surface area contributed by atoms with E-state index in [2.05, 4.69) is 18.3 Å². The van der Waals surface area contributed by atoms with Gasteiger partial charge in [0, 0.05) is 28.1 Å². The van der Waals surface area contributed by atoms with Gasteiger partial charge in [-0.05, 0) is 55.3 Å². The molecule has 0 aliphatic rings. The minimum absolute atomic E-state index is 0.0444. The molecule has 136 valence electrons. The van der Waals surface area contributed by atoms with Crippen LogP contribution in [0.2, 0.25) is 0 Å². The highest BCUT2D eigenvalue weighted by Crippen LogP contribution is 2.37. The molecule has 0 unspecified atom stereocenters. The number of nitrogens with zero attached hydrogens (tertiary/aromatic N) is 1. The summed E-state index contributed by atoms with van der Waals surface area (Å²) in [6.07, 6.45) is 0. The maximum atomic E-state index is 10.0. The van der Waals surface area contributed by atoms with Gasteiger partial charge in [0.05, 0.1) is 30.4 Å². The highest BCUT2D eigenvalue weighted by molar-refractivity contribution is 6.03. The van der Waals surface area contributed by atoms with E-state index in [-0.39, 0.29) is 6.61 Å². The molecule has 2 N–H and O–H groups in total. The minimum atomic E-state index is -0.0444. The van der Waals surface area contributed by atoms with E-state index in [0.717, 1.165) is 55.6 Å². The average Bonchev–Trinajstić information content (AvgIpc) is 2.71. The van der Waals surface area contributed by atoms with Crippen LogP contribution in [0.15, 0.2) is 54.6 Å². The highest BCUT2D eigenvalue weighted by atomic mass is 16.5. The number of fused-ring (bicyclic) bond motifs is 2. The Morgan fingerprint density at radius 3 is 2.48 bits per heavy atom. The normalized spacial score (nSPS) is 11.1. The molecule has 4 rings (SSSR count). The second-order valence-corrected chi connectivity index (χ2v) is 6.70. The van der Waals surface area contributed by atoms with E-state index in [1.807, 2.05) is 55.5 Å². The Morgan fingerprint density at radius 2 is 1.78 bits per heavy atom. The van der Waals surface area contributed by atoms with E-state index in [4.69, 9.17) is 9.72 Å². The van der Waals surface area contributed by atoms with Crippen LogP contribution in [0.25, 0.3) is 21.8 Å². The van der Waals surface area contributed by atoms with Gasteiger partial charge in [0.25, 0.3) is 0 Å². The van der Waals surface area contributed by atoms with Crippen molar-refractivity contribution in [3.8, 4) is 5.75 Å². The summed E-state index contributed by atoms with van der Waals surface area (Å²) < 4.78 is 5.33. The summed E-state index contributed by atoms with van der Waals surface area (Å²) in [6, 6.07) is 18.1. The number of anilines is 2. The lowest BCUT2D eigenvalue weighted by molar-refractivity contribution is 0.282. The lowest BCUT2D eigenvalue weighted by Gasteiger charge is -2.19. The standard InChI is InChI=1S/C23H22N2O2/c1-14-15(2)22(24-17-7-5-4-6-8-17)19-11-16-9-10-18(27-3)12-21(16)25-23(19)20(14)13-26/h4-12,24,26H,13H2,1-3H3. The van der Waals surface area contributed by atoms with Crippen LogP contribution in [-0.4, -0.2) is 17.2 Å². The lowest BCUT2D eigenvalue weighted by atomic mass is 9.95. The third-order valence-electron chi connectivity index (χ3n) is 5.17. The molecule has 0 amide bonds. The number of methoxy groups -OCH3 is 1. The van der Waals surface area contributed by atoms with Crippen molar-refractivity contribution in [1.29, 1.82) is 0 Å². The minimum Gasteiger partial charge on any atom is -0.497 e. The zero-order valence-electron chi connectivity index (χ0n) is 15.7. The third kappa shape index (κ3) is 2.98. The summed E-state index contributed by atoms with van der Waals surface area (Å²) in [4.78, 5) is 4.88. The summed E-state index contributed by atoms with van der Waals surface area (Å²) in [5.74, 6) is 0.770. The molecule has 0 spiro atoms. The van der Waals surface area contributed by atoms with Crippen LogP contribution in [0.4, 0.5) is 11.4 Å². The zero-order chi connectivity index (χ0) is 19.0. The van der Waals surface area contributed by atoms with Gasteiger partial charge in [-0.25, -0.2) is 4.98 Å². The second-order valence-electron chi connectivity index (χ2n) is 6.70. The smallest absolute Gasteiger partial charge is 0.121 e. The van der Waals surface area contributed by atoms with Crippen molar-refractivity contribution >= 4 is 33.2 Å². The molecule has 4 nitrogen and oxygen atoms in total. The van der Waals surface area contributed by atoms with E-state index in [1.165, 1.54) is 0 Å². The van der Waals surface area contributed by atoms with Crippen LogP contribution in [-0.2, 0) is 6.61 Å². The summed E-state index contributed by atoms with van der Waals surface area (Å²) in [7, 11) is 1.65. The molecule has 0 atom stereocenters. The maximum Gasteiger partial charge on any atom is 0.121 e. The van der Waals surface area contributed by atoms with Gasteiger partial charge in [-0.1, -0.05) is 18.2 Å². The number of pyridine rings is 1. The molecule has 0 radical (unpaired) electrons. The first kappa shape index (κ1) is 17.3. The van der Waals surface area contributed by atoms with Gasteiger partial charge in [0.15, 0.2) is 0 Å². The van der Waals surface area contributed by atoms with Gasteiger partial charge < -0.3 is 15.2 Å². The molecule has 0 bridgehead atoms. The number of aliphatic hydroxyl groups excluding tert-OH is 1. The summed E-state index contributed by atoms with van der Waals surface area (Å²) >= 11 is 0. The van der Waals surface area contributed by atoms with Crippen molar-refractivity contribution < 1.29 is 9.84 Å². The molecule has 4 heteroatoms. The first-order valence-electron chi connectivity index (χ1n) is 8.96. The molecule has 3 aromatic carbocycles. The Balaban J connectivity index is 2.04. The molecule has 0 aliphatic carbocycles. The van der Waals surface area contributed by atoms with Crippen molar-refractivity contribution in [2.24, 2.45) is 0 Å². The summed E-state index contributed by atoms with van der Waals surface area (Å²) in [6.45, 7) is 4.07. The first-order valence-corrected chi connectivity index (χ1v) is 8.96. The number of para-hydroxylation sites is 1. The van der Waals surface area contributed by atoms with E-state index < -0.39 is 0 Å². The third-order valence-corrected chi connectivity index (χ3v) is 5.17. The fourth-order valence-electron chi connectivity index (χ4n) is 3.51. The number of hydrogen-bond donors (Lipinski definition) is 2.